The van der Waals surface area contributed by atoms with Crippen molar-refractivity contribution in [2.45, 2.75) is 51.0 Å². The Bertz CT molecular complexity index is 1090. The minimum absolute atomic E-state index is 0.0934. The number of aryl methyl sites for hydroxylation is 2. The number of aromatic nitrogens is 1. The lowest BCUT2D eigenvalue weighted by molar-refractivity contribution is -0.140. The third-order valence-electron chi connectivity index (χ3n) is 5.94. The summed E-state index contributed by atoms with van der Waals surface area (Å²) in [6.07, 6.45) is 3.46. The molecule has 158 valence electrons. The molecule has 1 aliphatic heterocycles. The Kier molecular flexibility index (Phi) is 5.36. The van der Waals surface area contributed by atoms with E-state index in [1.54, 1.807) is 44.2 Å². The highest BCUT2D eigenvalue weighted by molar-refractivity contribution is 7.92. The van der Waals surface area contributed by atoms with Crippen molar-refractivity contribution in [1.29, 1.82) is 0 Å². The number of amides is 2. The van der Waals surface area contributed by atoms with Crippen molar-refractivity contribution >= 4 is 27.7 Å². The summed E-state index contributed by atoms with van der Waals surface area (Å²) in [7, 11) is -3.87. The van der Waals surface area contributed by atoms with Crippen LogP contribution in [0.5, 0.6) is 0 Å². The molecule has 4 rings (SSSR count). The lowest BCUT2D eigenvalue weighted by Gasteiger charge is -2.19. The predicted molar refractivity (Wildman–Crippen MR) is 112 cm³/mol. The molecule has 2 aromatic rings. The van der Waals surface area contributed by atoms with Gasteiger partial charge in [0.1, 0.15) is 5.82 Å². The number of nitrogens with zero attached hydrogens (tertiary/aromatic N) is 2. The van der Waals surface area contributed by atoms with Crippen LogP contribution in [0.3, 0.4) is 0 Å². The quantitative estimate of drug-likeness (QED) is 0.740. The van der Waals surface area contributed by atoms with Gasteiger partial charge in [-0.1, -0.05) is 31.0 Å². The summed E-state index contributed by atoms with van der Waals surface area (Å²) in [4.78, 5) is 31.1. The molecular formula is C22H25N3O4S. The number of hydrogen-bond acceptors (Lipinski definition) is 5. The molecule has 2 aliphatic rings. The van der Waals surface area contributed by atoms with Crippen molar-refractivity contribution in [2.75, 3.05) is 4.72 Å². The second kappa shape index (κ2) is 7.83. The third-order valence-corrected chi connectivity index (χ3v) is 7.44. The normalized spacial score (nSPS) is 21.6. The molecule has 1 saturated carbocycles. The highest BCUT2D eigenvalue weighted by atomic mass is 32.2. The van der Waals surface area contributed by atoms with E-state index < -0.39 is 10.0 Å². The van der Waals surface area contributed by atoms with Gasteiger partial charge >= 0.3 is 0 Å². The zero-order valence-corrected chi connectivity index (χ0v) is 17.9. The number of likely N-dealkylation sites (tertiary alicyclic amines) is 1. The molecule has 1 aromatic heterocycles. The molecule has 2 unspecified atom stereocenters. The smallest absolute Gasteiger partial charge is 0.263 e. The fourth-order valence-electron chi connectivity index (χ4n) is 4.39. The molecule has 2 amide bonds. The number of fused-ring (bicyclic) bond motifs is 1. The summed E-state index contributed by atoms with van der Waals surface area (Å²) >= 11 is 0. The van der Waals surface area contributed by atoms with Crippen molar-refractivity contribution in [2.24, 2.45) is 11.8 Å². The van der Waals surface area contributed by atoms with E-state index in [-0.39, 0.29) is 40.9 Å². The van der Waals surface area contributed by atoms with Crippen LogP contribution in [0.4, 0.5) is 5.82 Å². The highest BCUT2D eigenvalue weighted by Gasteiger charge is 2.47. The Labute approximate surface area is 176 Å². The molecule has 7 nitrogen and oxygen atoms in total. The van der Waals surface area contributed by atoms with Crippen LogP contribution in [-0.4, -0.2) is 30.1 Å². The van der Waals surface area contributed by atoms with Crippen molar-refractivity contribution in [1.82, 2.24) is 9.88 Å². The number of carbonyl (C=O) groups is 2. The summed E-state index contributed by atoms with van der Waals surface area (Å²) in [6, 6.07) is 10.1. The maximum absolute atomic E-state index is 13.0. The maximum atomic E-state index is 13.0. The molecule has 1 aliphatic carbocycles. The van der Waals surface area contributed by atoms with Gasteiger partial charge in [-0.15, -0.1) is 0 Å². The average molecular weight is 428 g/mol. The minimum Gasteiger partial charge on any atom is -0.278 e. The van der Waals surface area contributed by atoms with Gasteiger partial charge < -0.3 is 0 Å². The summed E-state index contributed by atoms with van der Waals surface area (Å²) < 4.78 is 28.4. The van der Waals surface area contributed by atoms with Gasteiger partial charge in [0, 0.05) is 5.69 Å². The zero-order valence-electron chi connectivity index (χ0n) is 17.1. The van der Waals surface area contributed by atoms with E-state index in [0.29, 0.717) is 16.8 Å². The first kappa shape index (κ1) is 20.5. The Balaban J connectivity index is 1.59. The van der Waals surface area contributed by atoms with Crippen molar-refractivity contribution in [3.63, 3.8) is 0 Å². The number of pyridine rings is 1. The molecule has 2 atom stereocenters. The molecule has 0 radical (unpaired) electrons. The van der Waals surface area contributed by atoms with Gasteiger partial charge in [-0.05, 0) is 56.0 Å². The number of anilines is 1. The van der Waals surface area contributed by atoms with Crippen LogP contribution in [-0.2, 0) is 26.2 Å². The number of hydrogen-bond donors (Lipinski definition) is 1. The van der Waals surface area contributed by atoms with Crippen LogP contribution in [0.25, 0.3) is 0 Å². The highest BCUT2D eigenvalue weighted by Crippen LogP contribution is 2.38. The largest absolute Gasteiger partial charge is 0.278 e. The Hall–Kier alpha value is -2.74. The van der Waals surface area contributed by atoms with E-state index in [2.05, 4.69) is 9.71 Å². The van der Waals surface area contributed by atoms with E-state index in [1.165, 1.54) is 11.0 Å². The summed E-state index contributed by atoms with van der Waals surface area (Å²) in [5, 5.41) is 0. The van der Waals surface area contributed by atoms with Crippen LogP contribution in [0.15, 0.2) is 41.3 Å². The van der Waals surface area contributed by atoms with Crippen molar-refractivity contribution in [3.05, 3.63) is 53.2 Å². The molecule has 8 heteroatoms. The Morgan fingerprint density at radius 3 is 2.33 bits per heavy atom. The Morgan fingerprint density at radius 2 is 1.70 bits per heavy atom. The molecule has 1 saturated heterocycles. The van der Waals surface area contributed by atoms with Gasteiger partial charge in [0.2, 0.25) is 11.8 Å². The molecule has 1 N–H and O–H groups in total. The van der Waals surface area contributed by atoms with Crippen molar-refractivity contribution < 1.29 is 18.0 Å². The molecular weight excluding hydrogens is 402 g/mol. The number of sulfonamides is 1. The third kappa shape index (κ3) is 3.84. The number of rotatable bonds is 5. The minimum atomic E-state index is -3.87. The zero-order chi connectivity index (χ0) is 21.5. The van der Waals surface area contributed by atoms with Gasteiger partial charge in [-0.25, -0.2) is 13.4 Å². The first-order valence-electron chi connectivity index (χ1n) is 10.2. The van der Waals surface area contributed by atoms with Gasteiger partial charge in [0.05, 0.1) is 23.3 Å². The molecule has 0 bridgehead atoms. The van der Waals surface area contributed by atoms with E-state index in [0.717, 1.165) is 25.7 Å². The number of nitrogens with one attached hydrogen (secondary N) is 1. The van der Waals surface area contributed by atoms with Crippen LogP contribution in [0.2, 0.25) is 0 Å². The van der Waals surface area contributed by atoms with Crippen LogP contribution in [0.1, 0.15) is 42.5 Å². The first-order valence-corrected chi connectivity index (χ1v) is 11.7. The Morgan fingerprint density at radius 1 is 1.03 bits per heavy atom. The van der Waals surface area contributed by atoms with E-state index in [1.807, 2.05) is 0 Å². The van der Waals surface area contributed by atoms with Crippen molar-refractivity contribution in [3.8, 4) is 0 Å². The molecule has 1 aromatic carbocycles. The second-order valence-corrected chi connectivity index (χ2v) is 9.78. The maximum Gasteiger partial charge on any atom is 0.263 e. The fraction of sp³-hybridized carbons (Fsp3) is 0.409. The van der Waals surface area contributed by atoms with Gasteiger partial charge in [0.15, 0.2) is 0 Å². The number of carbonyl (C=O) groups excluding carboxylic acids is 2. The van der Waals surface area contributed by atoms with Crippen LogP contribution >= 0.6 is 0 Å². The topological polar surface area (TPSA) is 96.4 Å². The van der Waals surface area contributed by atoms with E-state index >= 15 is 0 Å². The lowest BCUT2D eigenvalue weighted by atomic mass is 9.81. The van der Waals surface area contributed by atoms with Crippen LogP contribution in [0, 0.1) is 25.7 Å². The lowest BCUT2D eigenvalue weighted by Crippen LogP contribution is -2.30. The summed E-state index contributed by atoms with van der Waals surface area (Å²) in [5.41, 5.74) is 1.89. The van der Waals surface area contributed by atoms with E-state index in [9.17, 15) is 18.0 Å². The summed E-state index contributed by atoms with van der Waals surface area (Å²) in [6.45, 7) is 3.59. The number of imide groups is 1. The second-order valence-electron chi connectivity index (χ2n) is 8.13. The predicted octanol–water partition coefficient (Wildman–Crippen LogP) is 3.17. The SMILES string of the molecule is Cc1cccc(NS(=O)(=O)c2cc(CN3C(=O)C4CCCCC4C3=O)ccc2C)n1. The molecule has 30 heavy (non-hydrogen) atoms. The first-order chi connectivity index (χ1) is 14.3. The van der Waals surface area contributed by atoms with E-state index in [4.69, 9.17) is 0 Å². The van der Waals surface area contributed by atoms with Gasteiger partial charge in [-0.2, -0.15) is 0 Å². The van der Waals surface area contributed by atoms with Gasteiger partial charge in [0.25, 0.3) is 10.0 Å². The standard InChI is InChI=1S/C22H25N3O4S/c1-14-10-11-16(13-25-21(26)17-7-3-4-8-18(17)22(25)27)12-19(14)30(28,29)24-20-9-5-6-15(2)23-20/h5-6,9-12,17-18H,3-4,7-8,13H2,1-2H3,(H,23,24). The molecule has 2 fully saturated rings. The molecule has 0 spiro atoms. The monoisotopic (exact) mass is 427 g/mol. The fourth-order valence-corrected chi connectivity index (χ4v) is 5.69. The molecule has 2 heterocycles. The van der Waals surface area contributed by atoms with Gasteiger partial charge in [-0.3, -0.25) is 19.2 Å². The number of benzene rings is 1. The van der Waals surface area contributed by atoms with Crippen LogP contribution < -0.4 is 4.72 Å². The summed E-state index contributed by atoms with van der Waals surface area (Å²) in [5.74, 6) is -0.440. The average Bonchev–Trinajstić information content (AvgIpc) is 2.94.